The van der Waals surface area contributed by atoms with Gasteiger partial charge in [0.25, 0.3) is 5.91 Å². The number of benzene rings is 3. The lowest BCUT2D eigenvalue weighted by molar-refractivity contribution is -0.139. The van der Waals surface area contributed by atoms with Crippen LogP contribution in [0.4, 0.5) is 10.5 Å². The van der Waals surface area contributed by atoms with Gasteiger partial charge in [-0.25, -0.2) is 4.79 Å². The molecule has 0 aromatic heterocycles. The predicted octanol–water partition coefficient (Wildman–Crippen LogP) is 5.89. The van der Waals surface area contributed by atoms with Crippen LogP contribution >= 0.6 is 0 Å². The summed E-state index contributed by atoms with van der Waals surface area (Å²) in [7, 11) is 1.60. The number of carbonyl (C=O) groups excluding carboxylic acids is 3. The SMILES string of the molecule is Cc1ccc(C)c(C(C(=O)Nc2ccccc2C)N(C)C(=O)C(Cc2ccccc2)NC(=O)OC(C)(C)C)c1. The lowest BCUT2D eigenvalue weighted by Gasteiger charge is -2.32. The van der Waals surface area contributed by atoms with Crippen LogP contribution in [0.5, 0.6) is 0 Å². The Balaban J connectivity index is 2.00. The van der Waals surface area contributed by atoms with Crippen molar-refractivity contribution in [3.63, 3.8) is 0 Å². The fourth-order valence-corrected chi connectivity index (χ4v) is 4.37. The summed E-state index contributed by atoms with van der Waals surface area (Å²) in [6.07, 6.45) is -0.458. The van der Waals surface area contributed by atoms with Crippen molar-refractivity contribution in [1.82, 2.24) is 10.2 Å². The first kappa shape index (κ1) is 29.4. The second-order valence-corrected chi connectivity index (χ2v) is 10.9. The monoisotopic (exact) mass is 529 g/mol. The van der Waals surface area contributed by atoms with E-state index < -0.39 is 29.7 Å². The van der Waals surface area contributed by atoms with Gasteiger partial charge in [0.2, 0.25) is 5.91 Å². The minimum Gasteiger partial charge on any atom is -0.444 e. The highest BCUT2D eigenvalue weighted by Crippen LogP contribution is 2.28. The van der Waals surface area contributed by atoms with Crippen molar-refractivity contribution in [2.24, 2.45) is 0 Å². The smallest absolute Gasteiger partial charge is 0.408 e. The lowest BCUT2D eigenvalue weighted by atomic mass is 9.96. The van der Waals surface area contributed by atoms with Crippen LogP contribution in [0.2, 0.25) is 0 Å². The number of alkyl carbamates (subject to hydrolysis) is 1. The van der Waals surface area contributed by atoms with Gasteiger partial charge in [-0.15, -0.1) is 0 Å². The molecule has 2 N–H and O–H groups in total. The molecule has 0 aliphatic carbocycles. The molecular formula is C32H39N3O4. The molecule has 0 fully saturated rings. The van der Waals surface area contributed by atoms with E-state index in [0.717, 1.165) is 22.3 Å². The van der Waals surface area contributed by atoms with Crippen LogP contribution in [0, 0.1) is 20.8 Å². The zero-order valence-corrected chi connectivity index (χ0v) is 23.9. The normalized spacial score (nSPS) is 12.7. The number of aryl methyl sites for hydroxylation is 3. The first-order valence-corrected chi connectivity index (χ1v) is 13.1. The number of carbonyl (C=O) groups is 3. The molecule has 0 aliphatic rings. The van der Waals surface area contributed by atoms with Gasteiger partial charge in [-0.1, -0.05) is 72.3 Å². The molecule has 7 heteroatoms. The molecule has 39 heavy (non-hydrogen) atoms. The van der Waals surface area contributed by atoms with E-state index in [1.54, 1.807) is 27.8 Å². The molecule has 0 heterocycles. The average molecular weight is 530 g/mol. The second kappa shape index (κ2) is 12.6. The third kappa shape index (κ3) is 8.18. The van der Waals surface area contributed by atoms with Crippen LogP contribution in [0.15, 0.2) is 72.8 Å². The molecule has 3 aromatic rings. The van der Waals surface area contributed by atoms with Crippen molar-refractivity contribution in [3.05, 3.63) is 101 Å². The van der Waals surface area contributed by atoms with Crippen molar-refractivity contribution < 1.29 is 19.1 Å². The van der Waals surface area contributed by atoms with Crippen LogP contribution in [-0.4, -0.2) is 41.5 Å². The van der Waals surface area contributed by atoms with Crippen molar-refractivity contribution in [3.8, 4) is 0 Å². The van der Waals surface area contributed by atoms with Gasteiger partial charge < -0.3 is 20.3 Å². The molecule has 0 bridgehead atoms. The molecule has 3 aromatic carbocycles. The third-order valence-corrected chi connectivity index (χ3v) is 6.39. The predicted molar refractivity (Wildman–Crippen MR) is 155 cm³/mol. The second-order valence-electron chi connectivity index (χ2n) is 10.9. The number of hydrogen-bond acceptors (Lipinski definition) is 4. The van der Waals surface area contributed by atoms with E-state index >= 15 is 0 Å². The van der Waals surface area contributed by atoms with Crippen LogP contribution in [0.3, 0.4) is 0 Å². The first-order chi connectivity index (χ1) is 18.4. The van der Waals surface area contributed by atoms with Gasteiger partial charge in [-0.05, 0) is 69.9 Å². The number of nitrogens with one attached hydrogen (secondary N) is 2. The summed E-state index contributed by atoms with van der Waals surface area (Å²) in [5, 5.41) is 5.76. The van der Waals surface area contributed by atoms with Gasteiger partial charge in [-0.3, -0.25) is 9.59 Å². The lowest BCUT2D eigenvalue weighted by Crippen LogP contribution is -2.52. The molecule has 0 saturated heterocycles. The van der Waals surface area contributed by atoms with E-state index in [0.29, 0.717) is 11.3 Å². The van der Waals surface area contributed by atoms with Crippen LogP contribution in [0.25, 0.3) is 0 Å². The Morgan fingerprint density at radius 3 is 2.15 bits per heavy atom. The van der Waals surface area contributed by atoms with Crippen molar-refractivity contribution >= 4 is 23.6 Å². The molecule has 7 nitrogen and oxygen atoms in total. The highest BCUT2D eigenvalue weighted by Gasteiger charge is 2.35. The Morgan fingerprint density at radius 1 is 0.872 bits per heavy atom. The van der Waals surface area contributed by atoms with E-state index in [-0.39, 0.29) is 12.3 Å². The molecule has 2 atom stereocenters. The summed E-state index contributed by atoms with van der Waals surface area (Å²) in [5.41, 5.74) is 4.29. The Kier molecular flexibility index (Phi) is 9.51. The standard InChI is InChI=1S/C32H39N3O4/c1-21-17-18-22(2)25(19-21)28(29(36)33-26-16-12-11-13-23(26)3)35(7)30(37)27(20-24-14-9-8-10-15-24)34-31(38)39-32(4,5)6/h8-19,27-28H,20H2,1-7H3,(H,33,36)(H,34,38). The molecule has 0 spiro atoms. The number of likely N-dealkylation sites (N-methyl/N-ethyl adjacent to an activating group) is 1. The summed E-state index contributed by atoms with van der Waals surface area (Å²) >= 11 is 0. The van der Waals surface area contributed by atoms with E-state index in [2.05, 4.69) is 10.6 Å². The molecule has 206 valence electrons. The first-order valence-electron chi connectivity index (χ1n) is 13.1. The van der Waals surface area contributed by atoms with E-state index in [1.165, 1.54) is 4.90 Å². The molecule has 0 saturated carbocycles. The topological polar surface area (TPSA) is 87.7 Å². The fourth-order valence-electron chi connectivity index (χ4n) is 4.37. The summed E-state index contributed by atoms with van der Waals surface area (Å²) in [6, 6.07) is 20.9. The fraction of sp³-hybridized carbons (Fsp3) is 0.344. The number of amides is 3. The molecule has 2 unspecified atom stereocenters. The summed E-state index contributed by atoms with van der Waals surface area (Å²) in [5.74, 6) is -0.750. The Labute approximate surface area is 231 Å². The van der Waals surface area contributed by atoms with Gasteiger partial charge in [0.05, 0.1) is 0 Å². The van der Waals surface area contributed by atoms with E-state index in [1.807, 2.05) is 93.6 Å². The quantitative estimate of drug-likeness (QED) is 0.381. The van der Waals surface area contributed by atoms with Crippen LogP contribution < -0.4 is 10.6 Å². The van der Waals surface area contributed by atoms with Gasteiger partial charge in [0.1, 0.15) is 17.7 Å². The third-order valence-electron chi connectivity index (χ3n) is 6.39. The Morgan fingerprint density at radius 2 is 1.51 bits per heavy atom. The van der Waals surface area contributed by atoms with E-state index in [4.69, 9.17) is 4.74 Å². The highest BCUT2D eigenvalue weighted by molar-refractivity contribution is 5.99. The molecule has 3 amide bonds. The number of anilines is 1. The van der Waals surface area contributed by atoms with Gasteiger partial charge in [-0.2, -0.15) is 0 Å². The van der Waals surface area contributed by atoms with Crippen molar-refractivity contribution in [2.45, 2.75) is 65.6 Å². The van der Waals surface area contributed by atoms with Crippen LogP contribution in [-0.2, 0) is 20.7 Å². The highest BCUT2D eigenvalue weighted by atomic mass is 16.6. The summed E-state index contributed by atoms with van der Waals surface area (Å²) in [4.78, 5) is 42.1. The minimum atomic E-state index is -0.953. The van der Waals surface area contributed by atoms with Crippen molar-refractivity contribution in [2.75, 3.05) is 12.4 Å². The molecular weight excluding hydrogens is 490 g/mol. The maximum Gasteiger partial charge on any atom is 0.408 e. The Bertz CT molecular complexity index is 1310. The maximum absolute atomic E-state index is 14.1. The maximum atomic E-state index is 14.1. The number of nitrogens with zero attached hydrogens (tertiary/aromatic N) is 1. The largest absolute Gasteiger partial charge is 0.444 e. The molecule has 0 aliphatic heterocycles. The number of ether oxygens (including phenoxy) is 1. The number of hydrogen-bond donors (Lipinski definition) is 2. The van der Waals surface area contributed by atoms with Gasteiger partial charge >= 0.3 is 6.09 Å². The van der Waals surface area contributed by atoms with Gasteiger partial charge in [0, 0.05) is 19.2 Å². The Hall–Kier alpha value is -4.13. The number of rotatable bonds is 8. The molecule has 0 radical (unpaired) electrons. The van der Waals surface area contributed by atoms with Crippen LogP contribution in [0.1, 0.15) is 54.6 Å². The number of para-hydroxylation sites is 1. The van der Waals surface area contributed by atoms with Crippen molar-refractivity contribution in [1.29, 1.82) is 0 Å². The zero-order valence-electron chi connectivity index (χ0n) is 23.9. The summed E-state index contributed by atoms with van der Waals surface area (Å²) in [6.45, 7) is 11.1. The van der Waals surface area contributed by atoms with Gasteiger partial charge in [0.15, 0.2) is 0 Å². The molecule has 3 rings (SSSR count). The average Bonchev–Trinajstić information content (AvgIpc) is 2.86. The summed E-state index contributed by atoms with van der Waals surface area (Å²) < 4.78 is 5.46. The van der Waals surface area contributed by atoms with E-state index in [9.17, 15) is 14.4 Å². The zero-order chi connectivity index (χ0) is 28.7. The minimum absolute atomic E-state index is 0.238.